The Morgan fingerprint density at radius 3 is 1.70 bits per heavy atom. The van der Waals surface area contributed by atoms with Crippen LogP contribution in [0.25, 0.3) is 0 Å². The maximum atomic E-state index is 5.23. The van der Waals surface area contributed by atoms with E-state index in [1.807, 2.05) is 6.92 Å². The van der Waals surface area contributed by atoms with Gasteiger partial charge in [-0.3, -0.25) is 0 Å². The Hall–Kier alpha value is -0.560. The lowest BCUT2D eigenvalue weighted by Crippen LogP contribution is -1.89. The van der Waals surface area contributed by atoms with E-state index in [0.717, 1.165) is 13.0 Å². The van der Waals surface area contributed by atoms with Crippen molar-refractivity contribution in [2.45, 2.75) is 104 Å². The summed E-state index contributed by atoms with van der Waals surface area (Å²) in [6.07, 6.45) is 27.9. The van der Waals surface area contributed by atoms with Crippen LogP contribution in [-0.4, -0.2) is 6.61 Å². The molecule has 0 spiro atoms. The molecule has 0 saturated carbocycles. The van der Waals surface area contributed by atoms with Gasteiger partial charge in [-0.25, -0.2) is 0 Å². The van der Waals surface area contributed by atoms with Crippen LogP contribution < -0.4 is 0 Å². The second-order valence-electron chi connectivity index (χ2n) is 6.40. The van der Waals surface area contributed by atoms with Crippen molar-refractivity contribution < 1.29 is 4.74 Å². The van der Waals surface area contributed by atoms with Gasteiger partial charge in [-0.05, 0) is 45.4 Å². The molecule has 0 unspecified atom stereocenters. The van der Waals surface area contributed by atoms with Crippen LogP contribution in [0.5, 0.6) is 0 Å². The van der Waals surface area contributed by atoms with E-state index >= 15 is 0 Å². The molecule has 0 aliphatic rings. The minimum atomic E-state index is 0.900. The second kappa shape index (κ2) is 21.4. The molecule has 1 nitrogen and oxygen atoms in total. The minimum Gasteiger partial charge on any atom is -0.376 e. The molecule has 0 rings (SSSR count). The lowest BCUT2D eigenvalue weighted by atomic mass is 10.1. The molecule has 0 aromatic carbocycles. The van der Waals surface area contributed by atoms with Crippen molar-refractivity contribution in [3.05, 3.63) is 30.9 Å². The Balaban J connectivity index is 3.10. The highest BCUT2D eigenvalue weighted by Gasteiger charge is 1.92. The summed E-state index contributed by atoms with van der Waals surface area (Å²) in [5.74, 6) is 0. The van der Waals surface area contributed by atoms with Crippen molar-refractivity contribution >= 4 is 0 Å². The van der Waals surface area contributed by atoms with Crippen LogP contribution in [0, 0.1) is 6.61 Å². The molecule has 0 saturated heterocycles. The molecule has 0 aromatic rings. The quantitative estimate of drug-likeness (QED) is 0.185. The molecule has 135 valence electrons. The molecule has 0 amide bonds. The fourth-order valence-corrected chi connectivity index (χ4v) is 2.65. The summed E-state index contributed by atoms with van der Waals surface area (Å²) in [5.41, 5.74) is 0. The zero-order valence-corrected chi connectivity index (χ0v) is 15.9. The molecule has 0 aromatic heterocycles. The minimum absolute atomic E-state index is 0.900. The van der Waals surface area contributed by atoms with Crippen molar-refractivity contribution in [3.8, 4) is 0 Å². The maximum Gasteiger partial charge on any atom is 0.0805 e. The summed E-state index contributed by atoms with van der Waals surface area (Å²) >= 11 is 0. The average Bonchev–Trinajstić information content (AvgIpc) is 2.57. The fourth-order valence-electron chi connectivity index (χ4n) is 2.65. The maximum absolute atomic E-state index is 5.23. The van der Waals surface area contributed by atoms with Crippen LogP contribution in [-0.2, 0) is 4.74 Å². The van der Waals surface area contributed by atoms with Gasteiger partial charge in [-0.1, -0.05) is 82.6 Å². The van der Waals surface area contributed by atoms with Gasteiger partial charge >= 0.3 is 0 Å². The smallest absolute Gasteiger partial charge is 0.0805 e. The normalized spacial score (nSPS) is 11.9. The second-order valence-corrected chi connectivity index (χ2v) is 6.40. The van der Waals surface area contributed by atoms with Crippen molar-refractivity contribution in [2.75, 3.05) is 6.61 Å². The summed E-state index contributed by atoms with van der Waals surface area (Å²) < 4.78 is 5.23. The van der Waals surface area contributed by atoms with Gasteiger partial charge < -0.3 is 4.74 Å². The third-order valence-electron chi connectivity index (χ3n) is 4.13. The summed E-state index contributed by atoms with van der Waals surface area (Å²) in [7, 11) is 0. The summed E-state index contributed by atoms with van der Waals surface area (Å²) in [5, 5.41) is 0. The monoisotopic (exact) mass is 321 g/mol. The zero-order valence-electron chi connectivity index (χ0n) is 15.9. The van der Waals surface area contributed by atoms with E-state index in [9.17, 15) is 0 Å². The molecule has 0 aliphatic heterocycles. The van der Waals surface area contributed by atoms with Gasteiger partial charge in [-0.2, -0.15) is 0 Å². The Morgan fingerprint density at radius 2 is 1.13 bits per heavy atom. The molecule has 0 N–H and O–H groups in total. The zero-order chi connectivity index (χ0) is 16.8. The standard InChI is InChI=1S/C22H41O/c1-3-5-6-7-8-9-10-11-12-13-14-15-16-17-18-19-20-21-22-23-4-2/h4,8-9,11-12H,3,5-7,10,13-22H2,1-2H3/b9-8-,12-11-. The van der Waals surface area contributed by atoms with E-state index in [2.05, 4.69) is 31.2 Å². The highest BCUT2D eigenvalue weighted by Crippen LogP contribution is 2.10. The van der Waals surface area contributed by atoms with Crippen molar-refractivity contribution in [2.24, 2.45) is 0 Å². The first-order valence-electron chi connectivity index (χ1n) is 10.1. The van der Waals surface area contributed by atoms with E-state index < -0.39 is 0 Å². The molecule has 23 heavy (non-hydrogen) atoms. The summed E-state index contributed by atoms with van der Waals surface area (Å²) in [6.45, 7) is 6.89. The van der Waals surface area contributed by atoms with E-state index in [4.69, 9.17) is 4.74 Å². The van der Waals surface area contributed by atoms with Gasteiger partial charge in [0, 0.05) is 6.61 Å². The summed E-state index contributed by atoms with van der Waals surface area (Å²) in [6, 6.07) is 0. The number of unbranched alkanes of at least 4 members (excludes halogenated alkanes) is 11. The van der Waals surface area contributed by atoms with Crippen LogP contribution in [0.1, 0.15) is 104 Å². The van der Waals surface area contributed by atoms with Crippen molar-refractivity contribution in [1.82, 2.24) is 0 Å². The van der Waals surface area contributed by atoms with Crippen LogP contribution in [0.4, 0.5) is 0 Å². The molecule has 1 radical (unpaired) electrons. The van der Waals surface area contributed by atoms with E-state index in [0.29, 0.717) is 0 Å². The number of allylic oxidation sites excluding steroid dienone is 4. The Bertz CT molecular complexity index is 255. The molecular weight excluding hydrogens is 280 g/mol. The molecule has 0 heterocycles. The first-order chi connectivity index (χ1) is 11.4. The third-order valence-corrected chi connectivity index (χ3v) is 4.13. The molecule has 0 bridgehead atoms. The number of hydrogen-bond donors (Lipinski definition) is 0. The fraction of sp³-hybridized carbons (Fsp3) is 0.773. The third kappa shape index (κ3) is 21.4. The lowest BCUT2D eigenvalue weighted by molar-refractivity contribution is 0.197. The van der Waals surface area contributed by atoms with E-state index in [-0.39, 0.29) is 0 Å². The average molecular weight is 322 g/mol. The van der Waals surface area contributed by atoms with Crippen LogP contribution in [0.15, 0.2) is 24.3 Å². The van der Waals surface area contributed by atoms with Gasteiger partial charge in [0.05, 0.1) is 6.61 Å². The van der Waals surface area contributed by atoms with Crippen LogP contribution in [0.2, 0.25) is 0 Å². The SMILES string of the molecule is C[CH]OCCCCCCCCCC/C=C\C/C=C\CCCCC. The van der Waals surface area contributed by atoms with E-state index in [1.54, 1.807) is 6.61 Å². The number of rotatable bonds is 18. The molecule has 0 fully saturated rings. The Labute approximate surface area is 146 Å². The van der Waals surface area contributed by atoms with Gasteiger partial charge in [-0.15, -0.1) is 0 Å². The van der Waals surface area contributed by atoms with Gasteiger partial charge in [0.1, 0.15) is 0 Å². The topological polar surface area (TPSA) is 9.23 Å². The molecular formula is C22H41O. The predicted molar refractivity (Wildman–Crippen MR) is 105 cm³/mol. The Kier molecular flexibility index (Phi) is 20.9. The summed E-state index contributed by atoms with van der Waals surface area (Å²) in [4.78, 5) is 0. The van der Waals surface area contributed by atoms with Crippen molar-refractivity contribution in [1.29, 1.82) is 0 Å². The number of ether oxygens (including phenoxy) is 1. The highest BCUT2D eigenvalue weighted by atomic mass is 16.5. The van der Waals surface area contributed by atoms with Gasteiger partial charge in [0.25, 0.3) is 0 Å². The van der Waals surface area contributed by atoms with Crippen molar-refractivity contribution in [3.63, 3.8) is 0 Å². The first kappa shape index (κ1) is 22.4. The van der Waals surface area contributed by atoms with Crippen LogP contribution in [0.3, 0.4) is 0 Å². The van der Waals surface area contributed by atoms with Gasteiger partial charge in [0.2, 0.25) is 0 Å². The molecule has 0 aliphatic carbocycles. The first-order valence-corrected chi connectivity index (χ1v) is 10.1. The Morgan fingerprint density at radius 1 is 0.609 bits per heavy atom. The van der Waals surface area contributed by atoms with Gasteiger partial charge in [0.15, 0.2) is 0 Å². The highest BCUT2D eigenvalue weighted by molar-refractivity contribution is 4.92. The molecule has 0 atom stereocenters. The van der Waals surface area contributed by atoms with Crippen LogP contribution >= 0.6 is 0 Å². The largest absolute Gasteiger partial charge is 0.376 e. The molecule has 1 heteroatoms. The lowest BCUT2D eigenvalue weighted by Gasteiger charge is -2.02. The predicted octanol–water partition coefficient (Wildman–Crippen LogP) is 7.78. The number of hydrogen-bond acceptors (Lipinski definition) is 1. The van der Waals surface area contributed by atoms with E-state index in [1.165, 1.54) is 83.5 Å².